The molecule has 1 saturated heterocycles. The maximum atomic E-state index is 8.74. The van der Waals surface area contributed by atoms with Crippen molar-refractivity contribution in [1.82, 2.24) is 0 Å². The monoisotopic (exact) mass is 203 g/mol. The van der Waals surface area contributed by atoms with Gasteiger partial charge in [-0.15, -0.1) is 0 Å². The van der Waals surface area contributed by atoms with Crippen LogP contribution in [-0.4, -0.2) is 19.3 Å². The van der Waals surface area contributed by atoms with E-state index in [4.69, 9.17) is 15.7 Å². The van der Waals surface area contributed by atoms with Crippen molar-refractivity contribution in [3.8, 4) is 6.07 Å². The lowest BCUT2D eigenvalue weighted by molar-refractivity contribution is -0.0410. The fraction of sp³-hybridized carbons (Fsp3) is 0.364. The van der Waals surface area contributed by atoms with Gasteiger partial charge in [-0.1, -0.05) is 0 Å². The maximum Gasteiger partial charge on any atom is 0.0992 e. The Morgan fingerprint density at radius 1 is 1.60 bits per heavy atom. The van der Waals surface area contributed by atoms with E-state index in [9.17, 15) is 0 Å². The number of ether oxygens (including phenoxy) is 1. The molecule has 3 N–H and O–H groups in total. The van der Waals surface area contributed by atoms with Crippen LogP contribution >= 0.6 is 0 Å². The fourth-order valence-electron chi connectivity index (χ4n) is 1.45. The third-order valence-electron chi connectivity index (χ3n) is 2.50. The molecule has 15 heavy (non-hydrogen) atoms. The molecule has 0 aliphatic carbocycles. The molecule has 1 heterocycles. The molecule has 0 spiro atoms. The van der Waals surface area contributed by atoms with Crippen LogP contribution in [0.4, 0.5) is 11.4 Å². The molecular weight excluding hydrogens is 190 g/mol. The average molecular weight is 203 g/mol. The van der Waals surface area contributed by atoms with Crippen molar-refractivity contribution in [2.45, 2.75) is 12.5 Å². The number of rotatable bonds is 3. The average Bonchev–Trinajstić information content (AvgIpc) is 2.18. The molecule has 1 aromatic rings. The minimum Gasteiger partial charge on any atom is -0.397 e. The molecule has 0 bridgehead atoms. The lowest BCUT2D eigenvalue weighted by Crippen LogP contribution is -2.33. The van der Waals surface area contributed by atoms with Crippen molar-refractivity contribution < 1.29 is 4.74 Å². The van der Waals surface area contributed by atoms with Crippen LogP contribution in [0.1, 0.15) is 12.0 Å². The molecular formula is C11H13N3O. The van der Waals surface area contributed by atoms with E-state index in [1.165, 1.54) is 0 Å². The first-order valence-electron chi connectivity index (χ1n) is 4.94. The lowest BCUT2D eigenvalue weighted by atomic mass is 10.1. The van der Waals surface area contributed by atoms with Gasteiger partial charge in [0.25, 0.3) is 0 Å². The Morgan fingerprint density at radius 2 is 2.40 bits per heavy atom. The minimum atomic E-state index is 0.287. The van der Waals surface area contributed by atoms with Crippen LogP contribution in [0.5, 0.6) is 0 Å². The number of nitrogens with two attached hydrogens (primary N) is 1. The highest BCUT2D eigenvalue weighted by Gasteiger charge is 2.17. The SMILES string of the molecule is N#Cc1ccc(N)c(NC[C@@H]2CCO2)c1. The Kier molecular flexibility index (Phi) is 2.75. The van der Waals surface area contributed by atoms with E-state index in [1.54, 1.807) is 18.2 Å². The van der Waals surface area contributed by atoms with Gasteiger partial charge in [-0.3, -0.25) is 0 Å². The van der Waals surface area contributed by atoms with E-state index >= 15 is 0 Å². The van der Waals surface area contributed by atoms with E-state index in [1.807, 2.05) is 0 Å². The smallest absolute Gasteiger partial charge is 0.0992 e. The van der Waals surface area contributed by atoms with Crippen molar-refractivity contribution in [2.24, 2.45) is 0 Å². The molecule has 1 atom stereocenters. The summed E-state index contributed by atoms with van der Waals surface area (Å²) >= 11 is 0. The molecule has 0 radical (unpaired) electrons. The molecule has 0 aromatic heterocycles. The Hall–Kier alpha value is -1.73. The highest BCUT2D eigenvalue weighted by atomic mass is 16.5. The first-order chi connectivity index (χ1) is 7.29. The van der Waals surface area contributed by atoms with Gasteiger partial charge < -0.3 is 15.8 Å². The molecule has 1 fully saturated rings. The van der Waals surface area contributed by atoms with Gasteiger partial charge in [0, 0.05) is 13.2 Å². The lowest BCUT2D eigenvalue weighted by Gasteiger charge is -2.27. The standard InChI is InChI=1S/C11H13N3O/c12-6-8-1-2-10(13)11(5-8)14-7-9-3-4-15-9/h1-2,5,9,14H,3-4,7,13H2/t9-/m0/s1. The molecule has 0 unspecified atom stereocenters. The number of hydrogen-bond donors (Lipinski definition) is 2. The van der Waals surface area contributed by atoms with Crippen molar-refractivity contribution in [3.63, 3.8) is 0 Å². The molecule has 0 saturated carbocycles. The van der Waals surface area contributed by atoms with E-state index in [0.717, 1.165) is 25.3 Å². The topological polar surface area (TPSA) is 71.1 Å². The number of hydrogen-bond acceptors (Lipinski definition) is 4. The third-order valence-corrected chi connectivity index (χ3v) is 2.50. The summed E-state index contributed by atoms with van der Waals surface area (Å²) in [6.45, 7) is 1.60. The summed E-state index contributed by atoms with van der Waals surface area (Å²) in [7, 11) is 0. The summed E-state index contributed by atoms with van der Waals surface area (Å²) < 4.78 is 5.28. The number of anilines is 2. The van der Waals surface area contributed by atoms with Crippen molar-refractivity contribution in [3.05, 3.63) is 23.8 Å². The molecule has 2 rings (SSSR count). The van der Waals surface area contributed by atoms with E-state index in [-0.39, 0.29) is 6.10 Å². The molecule has 4 nitrogen and oxygen atoms in total. The highest BCUT2D eigenvalue weighted by molar-refractivity contribution is 5.68. The van der Waals surface area contributed by atoms with Crippen LogP contribution < -0.4 is 11.1 Å². The second-order valence-electron chi connectivity index (χ2n) is 3.58. The Labute approximate surface area is 88.6 Å². The zero-order valence-corrected chi connectivity index (χ0v) is 8.36. The van der Waals surface area contributed by atoms with Gasteiger partial charge in [-0.25, -0.2) is 0 Å². The van der Waals surface area contributed by atoms with Crippen LogP contribution in [0.2, 0.25) is 0 Å². The molecule has 78 valence electrons. The van der Waals surface area contributed by atoms with Crippen LogP contribution in [0.15, 0.2) is 18.2 Å². The second-order valence-corrected chi connectivity index (χ2v) is 3.58. The van der Waals surface area contributed by atoms with Gasteiger partial charge in [0.2, 0.25) is 0 Å². The molecule has 1 aliphatic heterocycles. The summed E-state index contributed by atoms with van der Waals surface area (Å²) in [6.07, 6.45) is 1.38. The van der Waals surface area contributed by atoms with Crippen molar-refractivity contribution in [1.29, 1.82) is 5.26 Å². The predicted octanol–water partition coefficient (Wildman–Crippen LogP) is 1.34. The predicted molar refractivity (Wildman–Crippen MR) is 58.4 cm³/mol. The van der Waals surface area contributed by atoms with Crippen LogP contribution in [0.25, 0.3) is 0 Å². The van der Waals surface area contributed by atoms with Gasteiger partial charge in [0.1, 0.15) is 0 Å². The summed E-state index contributed by atoms with van der Waals surface area (Å²) in [5.41, 5.74) is 7.86. The first kappa shape index (κ1) is 9.81. The number of nitrogens with one attached hydrogen (secondary N) is 1. The summed E-state index contributed by atoms with van der Waals surface area (Å²) in [5, 5.41) is 11.9. The Bertz CT molecular complexity index is 393. The number of nitrogen functional groups attached to an aromatic ring is 1. The number of nitriles is 1. The second kappa shape index (κ2) is 4.20. The molecule has 1 aliphatic rings. The van der Waals surface area contributed by atoms with E-state index < -0.39 is 0 Å². The summed E-state index contributed by atoms with van der Waals surface area (Å²) in [6, 6.07) is 7.29. The zero-order chi connectivity index (χ0) is 10.7. The van der Waals surface area contributed by atoms with E-state index in [2.05, 4.69) is 11.4 Å². The largest absolute Gasteiger partial charge is 0.397 e. The fourth-order valence-corrected chi connectivity index (χ4v) is 1.45. The van der Waals surface area contributed by atoms with Crippen molar-refractivity contribution >= 4 is 11.4 Å². The first-order valence-corrected chi connectivity index (χ1v) is 4.94. The summed E-state index contributed by atoms with van der Waals surface area (Å²) in [4.78, 5) is 0. The van der Waals surface area contributed by atoms with Gasteiger partial charge in [0.15, 0.2) is 0 Å². The maximum absolute atomic E-state index is 8.74. The molecule has 1 aromatic carbocycles. The zero-order valence-electron chi connectivity index (χ0n) is 8.36. The number of benzene rings is 1. The van der Waals surface area contributed by atoms with E-state index in [0.29, 0.717) is 11.3 Å². The Balaban J connectivity index is 2.02. The van der Waals surface area contributed by atoms with Crippen LogP contribution in [0.3, 0.4) is 0 Å². The van der Waals surface area contributed by atoms with Gasteiger partial charge in [0.05, 0.1) is 29.1 Å². The summed E-state index contributed by atoms with van der Waals surface area (Å²) in [5.74, 6) is 0. The highest BCUT2D eigenvalue weighted by Crippen LogP contribution is 2.21. The molecule has 0 amide bonds. The third kappa shape index (κ3) is 2.20. The van der Waals surface area contributed by atoms with Crippen molar-refractivity contribution in [2.75, 3.05) is 24.2 Å². The minimum absolute atomic E-state index is 0.287. The van der Waals surface area contributed by atoms with Gasteiger partial charge in [-0.05, 0) is 24.6 Å². The van der Waals surface area contributed by atoms with Crippen LogP contribution in [-0.2, 0) is 4.74 Å². The van der Waals surface area contributed by atoms with Gasteiger partial charge >= 0.3 is 0 Å². The normalized spacial score (nSPS) is 19.0. The number of nitrogens with zero attached hydrogens (tertiary/aromatic N) is 1. The van der Waals surface area contributed by atoms with Crippen LogP contribution in [0, 0.1) is 11.3 Å². The molecule has 4 heteroatoms. The Morgan fingerprint density at radius 3 is 3.00 bits per heavy atom. The van der Waals surface area contributed by atoms with Gasteiger partial charge in [-0.2, -0.15) is 5.26 Å². The quantitative estimate of drug-likeness (QED) is 0.727.